The molecule has 0 spiro atoms. The fourth-order valence-corrected chi connectivity index (χ4v) is 2.67. The van der Waals surface area contributed by atoms with E-state index in [0.717, 1.165) is 45.7 Å². The largest absolute Gasteiger partial charge is 0.396 e. The lowest BCUT2D eigenvalue weighted by molar-refractivity contribution is 0.0894. The SMILES string of the molecule is C(OCC1CO1)C1CO1.CC1CC(CO)CCC1CO. The Hall–Kier alpha value is -0.200. The Balaban J connectivity index is 0.000000149. The molecule has 20 heavy (non-hydrogen) atoms. The molecule has 5 heteroatoms. The van der Waals surface area contributed by atoms with Crippen LogP contribution in [0.1, 0.15) is 26.2 Å². The minimum atomic E-state index is 0.319. The molecule has 0 amide bonds. The van der Waals surface area contributed by atoms with Gasteiger partial charge in [0.15, 0.2) is 0 Å². The quantitative estimate of drug-likeness (QED) is 0.708. The molecular weight excluding hydrogens is 260 g/mol. The number of hydrogen-bond donors (Lipinski definition) is 2. The van der Waals surface area contributed by atoms with Gasteiger partial charge < -0.3 is 24.4 Å². The summed E-state index contributed by atoms with van der Waals surface area (Å²) in [6.45, 7) is 6.07. The van der Waals surface area contributed by atoms with Crippen LogP contribution in [-0.2, 0) is 14.2 Å². The van der Waals surface area contributed by atoms with E-state index in [1.165, 1.54) is 0 Å². The predicted octanol–water partition coefficient (Wildman–Crippen LogP) is 0.824. The molecule has 5 atom stereocenters. The van der Waals surface area contributed by atoms with Gasteiger partial charge in [0.1, 0.15) is 12.2 Å². The van der Waals surface area contributed by atoms with Crippen molar-refractivity contribution < 1.29 is 24.4 Å². The molecule has 3 fully saturated rings. The lowest BCUT2D eigenvalue weighted by Crippen LogP contribution is -2.26. The number of rotatable bonds is 6. The highest BCUT2D eigenvalue weighted by Crippen LogP contribution is 2.32. The van der Waals surface area contributed by atoms with Gasteiger partial charge in [-0.05, 0) is 37.0 Å². The van der Waals surface area contributed by atoms with Crippen LogP contribution in [0.25, 0.3) is 0 Å². The lowest BCUT2D eigenvalue weighted by atomic mass is 9.75. The van der Waals surface area contributed by atoms with E-state index in [4.69, 9.17) is 24.4 Å². The number of aliphatic hydroxyl groups is 2. The Kier molecular flexibility index (Phi) is 6.71. The van der Waals surface area contributed by atoms with Gasteiger partial charge in [-0.1, -0.05) is 6.92 Å². The second-order valence-electron chi connectivity index (χ2n) is 6.23. The maximum Gasteiger partial charge on any atom is 0.104 e. The van der Waals surface area contributed by atoms with E-state index in [-0.39, 0.29) is 0 Å². The highest BCUT2D eigenvalue weighted by atomic mass is 16.6. The molecule has 2 heterocycles. The fourth-order valence-electron chi connectivity index (χ4n) is 2.67. The molecule has 0 aromatic rings. The molecule has 0 aromatic heterocycles. The zero-order chi connectivity index (χ0) is 14.4. The molecule has 2 aliphatic heterocycles. The van der Waals surface area contributed by atoms with Gasteiger partial charge in [0.2, 0.25) is 0 Å². The van der Waals surface area contributed by atoms with Crippen LogP contribution < -0.4 is 0 Å². The number of epoxide rings is 2. The van der Waals surface area contributed by atoms with Gasteiger partial charge in [0.25, 0.3) is 0 Å². The van der Waals surface area contributed by atoms with Crippen LogP contribution >= 0.6 is 0 Å². The third-order valence-corrected chi connectivity index (χ3v) is 4.36. The van der Waals surface area contributed by atoms with Gasteiger partial charge in [-0.3, -0.25) is 0 Å². The van der Waals surface area contributed by atoms with E-state index in [0.29, 0.717) is 43.2 Å². The van der Waals surface area contributed by atoms with Gasteiger partial charge in [-0.15, -0.1) is 0 Å². The zero-order valence-corrected chi connectivity index (χ0v) is 12.4. The molecule has 1 aliphatic carbocycles. The second kappa shape index (κ2) is 8.29. The van der Waals surface area contributed by atoms with Crippen LogP contribution in [0.5, 0.6) is 0 Å². The molecule has 2 saturated heterocycles. The average molecular weight is 288 g/mol. The Bertz CT molecular complexity index is 253. The first-order valence-corrected chi connectivity index (χ1v) is 7.75. The molecule has 3 aliphatic rings. The van der Waals surface area contributed by atoms with Gasteiger partial charge in [0.05, 0.1) is 26.4 Å². The van der Waals surface area contributed by atoms with Crippen molar-refractivity contribution in [3.05, 3.63) is 0 Å². The highest BCUT2D eigenvalue weighted by Gasteiger charge is 2.27. The summed E-state index contributed by atoms with van der Waals surface area (Å²) in [5.74, 6) is 1.57. The maximum absolute atomic E-state index is 8.96. The third-order valence-electron chi connectivity index (χ3n) is 4.36. The van der Waals surface area contributed by atoms with E-state index in [2.05, 4.69) is 6.92 Å². The van der Waals surface area contributed by atoms with E-state index >= 15 is 0 Å². The fraction of sp³-hybridized carbons (Fsp3) is 1.00. The van der Waals surface area contributed by atoms with E-state index < -0.39 is 0 Å². The van der Waals surface area contributed by atoms with Gasteiger partial charge in [0, 0.05) is 13.2 Å². The van der Waals surface area contributed by atoms with Crippen LogP contribution in [0.2, 0.25) is 0 Å². The summed E-state index contributed by atoms with van der Waals surface area (Å²) < 4.78 is 15.1. The summed E-state index contributed by atoms with van der Waals surface area (Å²) in [5.41, 5.74) is 0. The van der Waals surface area contributed by atoms with E-state index in [1.54, 1.807) is 0 Å². The summed E-state index contributed by atoms with van der Waals surface area (Å²) in [6.07, 6.45) is 4.05. The van der Waals surface area contributed by atoms with Crippen LogP contribution in [-0.4, -0.2) is 62.1 Å². The van der Waals surface area contributed by atoms with Crippen LogP contribution in [0.4, 0.5) is 0 Å². The Morgan fingerprint density at radius 3 is 2.00 bits per heavy atom. The average Bonchev–Trinajstić information content (AvgIpc) is 3.34. The van der Waals surface area contributed by atoms with Gasteiger partial charge in [-0.2, -0.15) is 0 Å². The molecule has 2 N–H and O–H groups in total. The van der Waals surface area contributed by atoms with Crippen molar-refractivity contribution in [3.8, 4) is 0 Å². The molecule has 118 valence electrons. The first kappa shape index (κ1) is 16.2. The molecule has 0 bridgehead atoms. The van der Waals surface area contributed by atoms with Crippen molar-refractivity contribution in [1.82, 2.24) is 0 Å². The Morgan fingerprint density at radius 2 is 1.60 bits per heavy atom. The number of hydrogen-bond acceptors (Lipinski definition) is 5. The molecule has 1 saturated carbocycles. The van der Waals surface area contributed by atoms with Crippen molar-refractivity contribution in [1.29, 1.82) is 0 Å². The third kappa shape index (κ3) is 6.06. The standard InChI is InChI=1S/C9H18O2.C6H10O3/c1-7-4-8(5-10)2-3-9(7)6-11;1(5-3-8-5)7-2-6-4-9-6/h7-11H,2-6H2,1H3;5-6H,1-4H2. The van der Waals surface area contributed by atoms with E-state index in [9.17, 15) is 0 Å². The molecule has 5 nitrogen and oxygen atoms in total. The number of ether oxygens (including phenoxy) is 3. The molecule has 5 unspecified atom stereocenters. The molecular formula is C15H28O5. The first-order valence-electron chi connectivity index (χ1n) is 7.75. The minimum absolute atomic E-state index is 0.319. The summed E-state index contributed by atoms with van der Waals surface area (Å²) in [4.78, 5) is 0. The summed E-state index contributed by atoms with van der Waals surface area (Å²) in [6, 6.07) is 0. The first-order chi connectivity index (χ1) is 9.72. The predicted molar refractivity (Wildman–Crippen MR) is 74.5 cm³/mol. The second-order valence-corrected chi connectivity index (χ2v) is 6.23. The van der Waals surface area contributed by atoms with E-state index in [1.807, 2.05) is 0 Å². The minimum Gasteiger partial charge on any atom is -0.396 e. The number of aliphatic hydroxyl groups excluding tert-OH is 2. The summed E-state index contributed by atoms with van der Waals surface area (Å²) in [7, 11) is 0. The molecule has 3 rings (SSSR count). The molecule has 0 radical (unpaired) electrons. The van der Waals surface area contributed by atoms with Crippen LogP contribution in [0.15, 0.2) is 0 Å². The topological polar surface area (TPSA) is 74.8 Å². The van der Waals surface area contributed by atoms with Crippen molar-refractivity contribution in [3.63, 3.8) is 0 Å². The molecule has 0 aromatic carbocycles. The zero-order valence-electron chi connectivity index (χ0n) is 12.4. The van der Waals surface area contributed by atoms with Crippen molar-refractivity contribution in [2.75, 3.05) is 39.6 Å². The van der Waals surface area contributed by atoms with Crippen molar-refractivity contribution in [2.45, 2.75) is 38.4 Å². The Morgan fingerprint density at radius 1 is 1.00 bits per heavy atom. The monoisotopic (exact) mass is 288 g/mol. The van der Waals surface area contributed by atoms with Crippen molar-refractivity contribution in [2.24, 2.45) is 17.8 Å². The van der Waals surface area contributed by atoms with Crippen LogP contribution in [0.3, 0.4) is 0 Å². The Labute approximate surface area is 121 Å². The van der Waals surface area contributed by atoms with Crippen LogP contribution in [0, 0.1) is 17.8 Å². The highest BCUT2D eigenvalue weighted by molar-refractivity contribution is 4.76. The lowest BCUT2D eigenvalue weighted by Gasteiger charge is -2.32. The van der Waals surface area contributed by atoms with Crippen molar-refractivity contribution >= 4 is 0 Å². The smallest absolute Gasteiger partial charge is 0.104 e. The maximum atomic E-state index is 8.96. The summed E-state index contributed by atoms with van der Waals surface area (Å²) in [5, 5.41) is 17.9. The van der Waals surface area contributed by atoms with Gasteiger partial charge in [-0.25, -0.2) is 0 Å². The normalized spacial score (nSPS) is 38.9. The van der Waals surface area contributed by atoms with Gasteiger partial charge >= 0.3 is 0 Å². The summed E-state index contributed by atoms with van der Waals surface area (Å²) >= 11 is 0.